The van der Waals surface area contributed by atoms with Crippen molar-refractivity contribution in [3.63, 3.8) is 0 Å². The van der Waals surface area contributed by atoms with Crippen molar-refractivity contribution in [2.75, 3.05) is 9.71 Å². The molecule has 9 aromatic carbocycles. The van der Waals surface area contributed by atoms with Crippen molar-refractivity contribution < 1.29 is 0 Å². The second-order valence-electron chi connectivity index (χ2n) is 20.0. The highest BCUT2D eigenvalue weighted by atomic mass is 15.2. The third kappa shape index (κ3) is 6.55. The molecule has 0 saturated heterocycles. The first-order valence-electron chi connectivity index (χ1n) is 23.7. The van der Waals surface area contributed by atoms with E-state index in [2.05, 4.69) is 251 Å². The molecule has 3 aliphatic rings. The number of hydrogen-bond acceptors (Lipinski definition) is 2. The van der Waals surface area contributed by atoms with Crippen LogP contribution in [0.1, 0.15) is 57.2 Å². The van der Waals surface area contributed by atoms with Gasteiger partial charge >= 0.3 is 6.85 Å². The average molecular weight is 849 g/mol. The smallest absolute Gasteiger partial charge is 0.333 e. The number of fused-ring (bicyclic) bond motifs is 5. The van der Waals surface area contributed by atoms with Crippen LogP contribution in [0.4, 0.5) is 28.4 Å². The number of aryl methyl sites for hydroxylation is 1. The third-order valence-electron chi connectivity index (χ3n) is 15.0. The van der Waals surface area contributed by atoms with Gasteiger partial charge in [-0.1, -0.05) is 191 Å². The first-order chi connectivity index (χ1) is 32.1. The molecular formula is C63H53BN2. The summed E-state index contributed by atoms with van der Waals surface area (Å²) < 4.78 is 0. The second-order valence-corrected chi connectivity index (χ2v) is 20.0. The van der Waals surface area contributed by atoms with Gasteiger partial charge in [0.25, 0.3) is 0 Å². The lowest BCUT2D eigenvalue weighted by atomic mass is 9.43. The number of hydrogen-bond donors (Lipinski definition) is 0. The molecule has 0 atom stereocenters. The van der Waals surface area contributed by atoms with E-state index in [1.165, 1.54) is 112 Å². The van der Waals surface area contributed by atoms with Crippen LogP contribution in [0.3, 0.4) is 0 Å². The fourth-order valence-electron chi connectivity index (χ4n) is 11.3. The molecule has 0 fully saturated rings. The van der Waals surface area contributed by atoms with Gasteiger partial charge in [0.1, 0.15) is 0 Å². The molecule has 0 N–H and O–H groups in total. The SMILES string of the molecule is Cc1cc2c(cc1N1c3ccc(-c4ccccc4)cc3B3c4c(cc(-c5ccccc5)cc41)-c1ccc(-c4ccccc4)cc1N3c1cccc(-c3ccccc3)c1)C(C)(C)CCC2(C)C. The van der Waals surface area contributed by atoms with Crippen LogP contribution in [0, 0.1) is 6.92 Å². The van der Waals surface area contributed by atoms with Gasteiger partial charge in [-0.05, 0) is 151 Å². The summed E-state index contributed by atoms with van der Waals surface area (Å²) in [5.41, 5.74) is 25.3. The summed E-state index contributed by atoms with van der Waals surface area (Å²) in [5.74, 6) is 0. The molecule has 66 heavy (non-hydrogen) atoms. The molecule has 12 rings (SSSR count). The van der Waals surface area contributed by atoms with Crippen molar-refractivity contribution in [2.24, 2.45) is 0 Å². The van der Waals surface area contributed by atoms with Crippen LogP contribution in [0.25, 0.3) is 55.6 Å². The Balaban J connectivity index is 1.21. The van der Waals surface area contributed by atoms with Crippen LogP contribution >= 0.6 is 0 Å². The Hall–Kier alpha value is -7.36. The van der Waals surface area contributed by atoms with Crippen molar-refractivity contribution in [3.8, 4) is 55.6 Å². The Bertz CT molecular complexity index is 3320. The van der Waals surface area contributed by atoms with Crippen molar-refractivity contribution in [1.82, 2.24) is 0 Å². The number of anilines is 5. The van der Waals surface area contributed by atoms with Gasteiger partial charge in [-0.2, -0.15) is 0 Å². The number of rotatable bonds is 6. The standard InChI is InChI=1S/C63H53BN2/c1-42-35-54-55(63(4,5)34-33-62(54,2)3)41-58(42)65-57-32-30-48(44-21-12-7-13-22-44)38-56(57)64-61-53(37-50(40-60(61)65)46-25-16-9-17-26-46)52-31-29-49(45-23-14-8-15-24-45)39-59(52)66(64)51-28-18-27-47(36-51)43-19-10-6-11-20-43/h6-32,35-41H,33-34H2,1-5H3. The van der Waals surface area contributed by atoms with Gasteiger partial charge in [-0.25, -0.2) is 0 Å². The predicted octanol–water partition coefficient (Wildman–Crippen LogP) is 15.7. The molecule has 9 aromatic rings. The summed E-state index contributed by atoms with van der Waals surface area (Å²) in [6, 6.07) is 77.3. The molecule has 0 amide bonds. The highest BCUT2D eigenvalue weighted by molar-refractivity contribution is 6.93. The minimum Gasteiger partial charge on any atom is -0.376 e. The summed E-state index contributed by atoms with van der Waals surface area (Å²) in [7, 11) is 0. The summed E-state index contributed by atoms with van der Waals surface area (Å²) in [6.45, 7) is 12.0. The lowest BCUT2D eigenvalue weighted by molar-refractivity contribution is 0.332. The zero-order chi connectivity index (χ0) is 44.7. The molecule has 318 valence electrons. The topological polar surface area (TPSA) is 6.48 Å². The van der Waals surface area contributed by atoms with E-state index in [0.717, 1.165) is 12.1 Å². The molecule has 0 unspecified atom stereocenters. The van der Waals surface area contributed by atoms with Crippen LogP contribution in [0.5, 0.6) is 0 Å². The Morgan fingerprint density at radius 3 is 1.48 bits per heavy atom. The average Bonchev–Trinajstić information content (AvgIpc) is 3.36. The van der Waals surface area contributed by atoms with E-state index in [9.17, 15) is 0 Å². The highest BCUT2D eigenvalue weighted by Gasteiger charge is 2.46. The molecule has 0 radical (unpaired) electrons. The summed E-state index contributed by atoms with van der Waals surface area (Å²) in [6.07, 6.45) is 2.34. The molecule has 1 aliphatic carbocycles. The first kappa shape index (κ1) is 40.2. The minimum absolute atomic E-state index is 0.0485. The third-order valence-corrected chi connectivity index (χ3v) is 15.0. The predicted molar refractivity (Wildman–Crippen MR) is 282 cm³/mol. The molecule has 0 saturated carbocycles. The van der Waals surface area contributed by atoms with Crippen LogP contribution in [-0.4, -0.2) is 6.85 Å². The van der Waals surface area contributed by atoms with Crippen LogP contribution in [0.2, 0.25) is 0 Å². The molecule has 3 heteroatoms. The van der Waals surface area contributed by atoms with E-state index in [1.54, 1.807) is 0 Å². The second kappa shape index (κ2) is 15.4. The van der Waals surface area contributed by atoms with Gasteiger partial charge in [0.05, 0.1) is 0 Å². The Kier molecular flexibility index (Phi) is 9.37. The summed E-state index contributed by atoms with van der Waals surface area (Å²) in [4.78, 5) is 5.31. The first-order valence-corrected chi connectivity index (χ1v) is 23.7. The molecule has 2 nitrogen and oxygen atoms in total. The van der Waals surface area contributed by atoms with E-state index in [0.29, 0.717) is 0 Å². The van der Waals surface area contributed by atoms with Gasteiger partial charge in [0, 0.05) is 34.0 Å². The van der Waals surface area contributed by atoms with Gasteiger partial charge in [-0.15, -0.1) is 0 Å². The van der Waals surface area contributed by atoms with Gasteiger partial charge in [-0.3, -0.25) is 0 Å². The number of nitrogens with zero attached hydrogens (tertiary/aromatic N) is 2. The molecule has 2 aliphatic heterocycles. The quantitative estimate of drug-likeness (QED) is 0.154. The molecule has 0 aromatic heterocycles. The maximum atomic E-state index is 2.67. The van der Waals surface area contributed by atoms with Crippen LogP contribution < -0.4 is 20.6 Å². The zero-order valence-electron chi connectivity index (χ0n) is 38.5. The maximum absolute atomic E-state index is 2.67. The van der Waals surface area contributed by atoms with Crippen molar-refractivity contribution >= 4 is 46.2 Å². The van der Waals surface area contributed by atoms with Crippen molar-refractivity contribution in [1.29, 1.82) is 0 Å². The monoisotopic (exact) mass is 848 g/mol. The largest absolute Gasteiger partial charge is 0.376 e. The highest BCUT2D eigenvalue weighted by Crippen LogP contribution is 2.53. The number of benzene rings is 9. The molecule has 0 bridgehead atoms. The Morgan fingerprint density at radius 1 is 0.379 bits per heavy atom. The van der Waals surface area contributed by atoms with Gasteiger partial charge < -0.3 is 9.71 Å². The van der Waals surface area contributed by atoms with Crippen LogP contribution in [0.15, 0.2) is 206 Å². The van der Waals surface area contributed by atoms with Crippen LogP contribution in [-0.2, 0) is 10.8 Å². The van der Waals surface area contributed by atoms with Gasteiger partial charge in [0.15, 0.2) is 0 Å². The zero-order valence-corrected chi connectivity index (χ0v) is 38.5. The maximum Gasteiger partial charge on any atom is 0.333 e. The lowest BCUT2D eigenvalue weighted by Crippen LogP contribution is -2.61. The van der Waals surface area contributed by atoms with E-state index in [1.807, 2.05) is 0 Å². The Labute approximate surface area is 391 Å². The summed E-state index contributed by atoms with van der Waals surface area (Å²) in [5, 5.41) is 0. The molecular weight excluding hydrogens is 796 g/mol. The van der Waals surface area contributed by atoms with E-state index < -0.39 is 0 Å². The fraction of sp³-hybridized carbons (Fsp3) is 0.143. The fourth-order valence-corrected chi connectivity index (χ4v) is 11.3. The van der Waals surface area contributed by atoms with E-state index in [4.69, 9.17) is 0 Å². The van der Waals surface area contributed by atoms with Crippen molar-refractivity contribution in [3.05, 3.63) is 223 Å². The molecule has 0 spiro atoms. The van der Waals surface area contributed by atoms with Crippen molar-refractivity contribution in [2.45, 2.75) is 58.3 Å². The Morgan fingerprint density at radius 2 is 0.879 bits per heavy atom. The van der Waals surface area contributed by atoms with Gasteiger partial charge in [0.2, 0.25) is 0 Å². The van der Waals surface area contributed by atoms with E-state index >= 15 is 0 Å². The molecule has 2 heterocycles. The summed E-state index contributed by atoms with van der Waals surface area (Å²) >= 11 is 0. The normalized spacial score (nSPS) is 15.1. The van der Waals surface area contributed by atoms with E-state index in [-0.39, 0.29) is 17.7 Å². The minimum atomic E-state index is -0.146. The lowest BCUT2D eigenvalue weighted by Gasteiger charge is -2.47.